The minimum Gasteiger partial charge on any atom is -0.394 e. The second-order valence-corrected chi connectivity index (χ2v) is 5.00. The molecule has 0 aromatic heterocycles. The number of nitrogens with zero attached hydrogens (tertiary/aromatic N) is 1. The van der Waals surface area contributed by atoms with Gasteiger partial charge in [0.25, 0.3) is 0 Å². The van der Waals surface area contributed by atoms with Gasteiger partial charge in [0.05, 0.1) is 6.61 Å². The van der Waals surface area contributed by atoms with E-state index in [1.54, 1.807) is 6.07 Å². The summed E-state index contributed by atoms with van der Waals surface area (Å²) in [6.45, 7) is 4.23. The Hall–Kier alpha value is -0.640. The van der Waals surface area contributed by atoms with Gasteiger partial charge in [0, 0.05) is 22.7 Å². The van der Waals surface area contributed by atoms with Gasteiger partial charge < -0.3 is 5.11 Å². The molecule has 0 heterocycles. The summed E-state index contributed by atoms with van der Waals surface area (Å²) in [5, 5.41) is 9.72. The molecule has 0 bridgehead atoms. The Balaban J connectivity index is 2.84. The summed E-state index contributed by atoms with van der Waals surface area (Å²) < 4.78 is 13.5. The number of hydrogen-bond acceptors (Lipinski definition) is 2. The summed E-state index contributed by atoms with van der Waals surface area (Å²) in [6.07, 6.45) is 0. The van der Waals surface area contributed by atoms with Crippen LogP contribution in [-0.4, -0.2) is 29.2 Å². The van der Waals surface area contributed by atoms with E-state index in [1.807, 2.05) is 25.8 Å². The van der Waals surface area contributed by atoms with Crippen LogP contribution in [0.3, 0.4) is 0 Å². The molecule has 0 saturated heterocycles. The first-order chi connectivity index (χ1) is 7.36. The quantitative estimate of drug-likeness (QED) is 0.882. The molecular weight excluding hydrogens is 229 g/mol. The Morgan fingerprint density at radius 3 is 2.62 bits per heavy atom. The van der Waals surface area contributed by atoms with Gasteiger partial charge in [0.1, 0.15) is 5.82 Å². The first-order valence-corrected chi connectivity index (χ1v) is 5.50. The highest BCUT2D eigenvalue weighted by Crippen LogP contribution is 2.20. The molecule has 2 nitrogen and oxygen atoms in total. The Morgan fingerprint density at radius 1 is 1.44 bits per heavy atom. The van der Waals surface area contributed by atoms with E-state index in [4.69, 9.17) is 11.6 Å². The van der Waals surface area contributed by atoms with E-state index < -0.39 is 0 Å². The van der Waals surface area contributed by atoms with E-state index in [-0.39, 0.29) is 18.0 Å². The van der Waals surface area contributed by atoms with Crippen LogP contribution >= 0.6 is 11.6 Å². The lowest BCUT2D eigenvalue weighted by molar-refractivity contribution is 0.0726. The standard InChI is InChI=1S/C12H17ClFNO/c1-12(2,8-16)15(3)7-9-6-10(13)4-5-11(9)14/h4-6,16H,7-8H2,1-3H3. The van der Waals surface area contributed by atoms with Crippen LogP contribution in [0.15, 0.2) is 18.2 Å². The predicted molar refractivity (Wildman–Crippen MR) is 64.0 cm³/mol. The molecule has 0 unspecified atom stereocenters. The molecule has 1 aromatic carbocycles. The molecular formula is C12H17ClFNO. The van der Waals surface area contributed by atoms with Crippen LogP contribution in [0.2, 0.25) is 5.02 Å². The molecule has 0 atom stereocenters. The topological polar surface area (TPSA) is 23.5 Å². The number of hydrogen-bond donors (Lipinski definition) is 1. The SMILES string of the molecule is CN(Cc1cc(Cl)ccc1F)C(C)(C)CO. The van der Waals surface area contributed by atoms with E-state index in [2.05, 4.69) is 0 Å². The van der Waals surface area contributed by atoms with Crippen molar-refractivity contribution in [1.82, 2.24) is 4.90 Å². The van der Waals surface area contributed by atoms with Crippen LogP contribution in [0, 0.1) is 5.82 Å². The highest BCUT2D eigenvalue weighted by atomic mass is 35.5. The Bertz CT molecular complexity index is 368. The van der Waals surface area contributed by atoms with Gasteiger partial charge in [-0.25, -0.2) is 4.39 Å². The minimum absolute atomic E-state index is 0.0195. The van der Waals surface area contributed by atoms with Crippen molar-refractivity contribution >= 4 is 11.6 Å². The number of aliphatic hydroxyl groups is 1. The summed E-state index contributed by atoms with van der Waals surface area (Å²) in [6, 6.07) is 4.50. The molecule has 90 valence electrons. The molecule has 0 aliphatic rings. The molecule has 1 N–H and O–H groups in total. The fourth-order valence-electron chi connectivity index (χ4n) is 1.25. The first kappa shape index (κ1) is 13.4. The van der Waals surface area contributed by atoms with Crippen molar-refractivity contribution < 1.29 is 9.50 Å². The maximum absolute atomic E-state index is 13.5. The molecule has 0 fully saturated rings. The lowest BCUT2D eigenvalue weighted by Gasteiger charge is -2.34. The van der Waals surface area contributed by atoms with Gasteiger partial charge in [-0.2, -0.15) is 0 Å². The molecule has 16 heavy (non-hydrogen) atoms. The van der Waals surface area contributed by atoms with Crippen molar-refractivity contribution in [2.45, 2.75) is 25.9 Å². The van der Waals surface area contributed by atoms with Crippen molar-refractivity contribution in [2.24, 2.45) is 0 Å². The van der Waals surface area contributed by atoms with Crippen LogP contribution in [0.1, 0.15) is 19.4 Å². The maximum atomic E-state index is 13.5. The summed E-state index contributed by atoms with van der Waals surface area (Å²) in [5.74, 6) is -0.273. The molecule has 0 saturated carbocycles. The largest absolute Gasteiger partial charge is 0.394 e. The predicted octanol–water partition coefficient (Wildman–Crippen LogP) is 2.68. The van der Waals surface area contributed by atoms with Crippen LogP contribution in [0.25, 0.3) is 0 Å². The second kappa shape index (κ2) is 5.13. The van der Waals surface area contributed by atoms with Gasteiger partial charge in [0.15, 0.2) is 0 Å². The summed E-state index contributed by atoms with van der Waals surface area (Å²) in [4.78, 5) is 1.89. The van der Waals surface area contributed by atoms with Crippen LogP contribution in [0.4, 0.5) is 4.39 Å². The van der Waals surface area contributed by atoms with Crippen LogP contribution < -0.4 is 0 Å². The minimum atomic E-state index is -0.380. The van der Waals surface area contributed by atoms with Gasteiger partial charge in [-0.05, 0) is 39.1 Å². The third-order valence-electron chi connectivity index (χ3n) is 2.84. The lowest BCUT2D eigenvalue weighted by Crippen LogP contribution is -2.43. The van der Waals surface area contributed by atoms with Crippen LogP contribution in [0.5, 0.6) is 0 Å². The lowest BCUT2D eigenvalue weighted by atomic mass is 10.0. The van der Waals surface area contributed by atoms with E-state index in [0.717, 1.165) is 0 Å². The van der Waals surface area contributed by atoms with Gasteiger partial charge >= 0.3 is 0 Å². The van der Waals surface area contributed by atoms with E-state index >= 15 is 0 Å². The molecule has 0 spiro atoms. The highest BCUT2D eigenvalue weighted by molar-refractivity contribution is 6.30. The summed E-state index contributed by atoms with van der Waals surface area (Å²) >= 11 is 5.81. The van der Waals surface area contributed by atoms with Crippen molar-refractivity contribution in [3.63, 3.8) is 0 Å². The molecule has 0 aliphatic carbocycles. The fourth-order valence-corrected chi connectivity index (χ4v) is 1.45. The smallest absolute Gasteiger partial charge is 0.127 e. The highest BCUT2D eigenvalue weighted by Gasteiger charge is 2.23. The first-order valence-electron chi connectivity index (χ1n) is 5.13. The van der Waals surface area contributed by atoms with E-state index in [1.165, 1.54) is 12.1 Å². The molecule has 0 radical (unpaired) electrons. The molecule has 1 rings (SSSR count). The average Bonchev–Trinajstić information content (AvgIpc) is 2.23. The number of likely N-dealkylation sites (N-methyl/N-ethyl adjacent to an activating group) is 1. The Labute approximate surface area is 101 Å². The number of benzene rings is 1. The molecule has 0 aliphatic heterocycles. The summed E-state index contributed by atoms with van der Waals surface area (Å²) in [7, 11) is 1.84. The van der Waals surface area contributed by atoms with Gasteiger partial charge in [-0.3, -0.25) is 4.90 Å². The zero-order valence-corrected chi connectivity index (χ0v) is 10.6. The van der Waals surface area contributed by atoms with Crippen molar-refractivity contribution in [1.29, 1.82) is 0 Å². The van der Waals surface area contributed by atoms with Crippen molar-refractivity contribution in [3.05, 3.63) is 34.6 Å². The molecule has 4 heteroatoms. The zero-order valence-electron chi connectivity index (χ0n) is 9.80. The number of rotatable bonds is 4. The monoisotopic (exact) mass is 245 g/mol. The summed E-state index contributed by atoms with van der Waals surface area (Å²) in [5.41, 5.74) is 0.158. The van der Waals surface area contributed by atoms with Gasteiger partial charge in [-0.15, -0.1) is 0 Å². The molecule has 1 aromatic rings. The van der Waals surface area contributed by atoms with Crippen molar-refractivity contribution in [2.75, 3.05) is 13.7 Å². The number of aliphatic hydroxyl groups excluding tert-OH is 1. The van der Waals surface area contributed by atoms with Gasteiger partial charge in [0.2, 0.25) is 0 Å². The zero-order chi connectivity index (χ0) is 12.3. The van der Waals surface area contributed by atoms with E-state index in [0.29, 0.717) is 17.1 Å². The second-order valence-electron chi connectivity index (χ2n) is 4.56. The van der Waals surface area contributed by atoms with Crippen molar-refractivity contribution in [3.8, 4) is 0 Å². The third-order valence-corrected chi connectivity index (χ3v) is 3.07. The molecule has 0 amide bonds. The fraction of sp³-hybridized carbons (Fsp3) is 0.500. The van der Waals surface area contributed by atoms with Crippen LogP contribution in [-0.2, 0) is 6.54 Å². The Morgan fingerprint density at radius 2 is 2.06 bits per heavy atom. The third kappa shape index (κ3) is 3.17. The average molecular weight is 246 g/mol. The van der Waals surface area contributed by atoms with Gasteiger partial charge in [-0.1, -0.05) is 11.6 Å². The van der Waals surface area contributed by atoms with E-state index in [9.17, 15) is 9.50 Å². The normalized spacial score (nSPS) is 12.2. The maximum Gasteiger partial charge on any atom is 0.127 e. The Kier molecular flexibility index (Phi) is 4.30. The number of halogens is 2.